The minimum Gasteiger partial charge on any atom is -0.320 e. The molecule has 1 atom stereocenters. The molecular formula is C16H13ClF3NOS. The number of carbonyl (C=O) groups is 1. The molecule has 0 spiro atoms. The summed E-state index contributed by atoms with van der Waals surface area (Å²) < 4.78 is 40.7. The van der Waals surface area contributed by atoms with Gasteiger partial charge in [0, 0.05) is 16.3 Å². The van der Waals surface area contributed by atoms with Crippen LogP contribution in [0.25, 0.3) is 0 Å². The molecule has 122 valence electrons. The quantitative estimate of drug-likeness (QED) is 0.812. The van der Waals surface area contributed by atoms with Gasteiger partial charge in [-0.3, -0.25) is 4.79 Å². The van der Waals surface area contributed by atoms with Crippen molar-refractivity contribution in [3.8, 4) is 0 Å². The number of hydrogen-bond donors (Lipinski definition) is 1. The standard InChI is InChI=1S/C16H13ClF3NOS/c1-9(23-8-10-11(17)4-2-5-12(10)18)16(22)21-15-13(19)6-3-7-14(15)20/h2-7,9H,8H2,1H3,(H,21,22). The number of nitrogens with one attached hydrogen (secondary N) is 1. The lowest BCUT2D eigenvalue weighted by Gasteiger charge is -2.13. The van der Waals surface area contributed by atoms with Gasteiger partial charge in [-0.1, -0.05) is 23.7 Å². The van der Waals surface area contributed by atoms with E-state index in [-0.39, 0.29) is 16.3 Å². The zero-order valence-electron chi connectivity index (χ0n) is 12.1. The van der Waals surface area contributed by atoms with Crippen LogP contribution < -0.4 is 5.32 Å². The fraction of sp³-hybridized carbons (Fsp3) is 0.188. The van der Waals surface area contributed by atoms with Crippen molar-refractivity contribution < 1.29 is 18.0 Å². The Morgan fingerprint density at radius 2 is 1.70 bits per heavy atom. The highest BCUT2D eigenvalue weighted by molar-refractivity contribution is 7.99. The number of anilines is 1. The predicted octanol–water partition coefficient (Wildman–Crippen LogP) is 5.02. The van der Waals surface area contributed by atoms with E-state index in [9.17, 15) is 18.0 Å². The van der Waals surface area contributed by atoms with Gasteiger partial charge in [0.15, 0.2) is 0 Å². The molecule has 0 radical (unpaired) electrons. The largest absolute Gasteiger partial charge is 0.320 e. The molecule has 0 aromatic heterocycles. The fourth-order valence-electron chi connectivity index (χ4n) is 1.80. The van der Waals surface area contributed by atoms with Gasteiger partial charge in [-0.25, -0.2) is 13.2 Å². The van der Waals surface area contributed by atoms with Gasteiger partial charge in [0.05, 0.1) is 5.25 Å². The van der Waals surface area contributed by atoms with E-state index in [0.717, 1.165) is 23.9 Å². The van der Waals surface area contributed by atoms with Crippen LogP contribution in [0.3, 0.4) is 0 Å². The molecule has 23 heavy (non-hydrogen) atoms. The highest BCUT2D eigenvalue weighted by atomic mass is 35.5. The second-order valence-corrected chi connectivity index (χ2v) is 6.48. The van der Waals surface area contributed by atoms with Crippen molar-refractivity contribution in [2.45, 2.75) is 17.9 Å². The molecule has 2 nitrogen and oxygen atoms in total. The number of halogens is 4. The van der Waals surface area contributed by atoms with Crippen LogP contribution in [0.2, 0.25) is 5.02 Å². The van der Waals surface area contributed by atoms with Crippen LogP contribution in [-0.4, -0.2) is 11.2 Å². The number of benzene rings is 2. The minimum atomic E-state index is -0.854. The van der Waals surface area contributed by atoms with Crippen molar-refractivity contribution in [2.24, 2.45) is 0 Å². The summed E-state index contributed by atoms with van der Waals surface area (Å²) >= 11 is 7.03. The maximum absolute atomic E-state index is 13.7. The summed E-state index contributed by atoms with van der Waals surface area (Å²) in [5.41, 5.74) is -0.204. The van der Waals surface area contributed by atoms with Gasteiger partial charge < -0.3 is 5.32 Å². The molecule has 1 unspecified atom stereocenters. The first-order chi connectivity index (χ1) is 10.9. The number of para-hydroxylation sites is 1. The zero-order valence-corrected chi connectivity index (χ0v) is 13.6. The number of carbonyl (C=O) groups excluding carboxylic acids is 1. The molecule has 0 aliphatic carbocycles. The zero-order chi connectivity index (χ0) is 17.0. The summed E-state index contributed by atoms with van der Waals surface area (Å²) in [6, 6.07) is 7.63. The Morgan fingerprint density at radius 3 is 2.30 bits per heavy atom. The Labute approximate surface area is 141 Å². The smallest absolute Gasteiger partial charge is 0.237 e. The third-order valence-electron chi connectivity index (χ3n) is 3.12. The molecular weight excluding hydrogens is 347 g/mol. The Kier molecular flexibility index (Phi) is 5.96. The number of rotatable bonds is 5. The summed E-state index contributed by atoms with van der Waals surface area (Å²) in [5, 5.41) is 1.83. The maximum atomic E-state index is 13.7. The van der Waals surface area contributed by atoms with Gasteiger partial charge in [-0.15, -0.1) is 11.8 Å². The summed E-state index contributed by atoms with van der Waals surface area (Å²) in [5.74, 6) is -2.58. The molecule has 0 saturated carbocycles. The second kappa shape index (κ2) is 7.75. The third-order valence-corrected chi connectivity index (χ3v) is 4.64. The molecule has 1 N–H and O–H groups in total. The van der Waals surface area contributed by atoms with Crippen molar-refractivity contribution in [1.29, 1.82) is 0 Å². The highest BCUT2D eigenvalue weighted by Gasteiger charge is 2.19. The van der Waals surface area contributed by atoms with Crippen molar-refractivity contribution in [3.63, 3.8) is 0 Å². The maximum Gasteiger partial charge on any atom is 0.237 e. The van der Waals surface area contributed by atoms with Crippen LogP contribution in [0.4, 0.5) is 18.9 Å². The normalized spacial score (nSPS) is 12.0. The van der Waals surface area contributed by atoms with E-state index >= 15 is 0 Å². The average Bonchev–Trinajstić information content (AvgIpc) is 2.50. The number of amides is 1. The lowest BCUT2D eigenvalue weighted by atomic mass is 10.2. The van der Waals surface area contributed by atoms with Gasteiger partial charge in [-0.05, 0) is 31.2 Å². The minimum absolute atomic E-state index is 0.167. The first-order valence-corrected chi connectivity index (χ1v) is 8.12. The monoisotopic (exact) mass is 359 g/mol. The summed E-state index contributed by atoms with van der Waals surface area (Å²) in [7, 11) is 0. The van der Waals surface area contributed by atoms with Crippen LogP contribution in [-0.2, 0) is 10.5 Å². The molecule has 0 fully saturated rings. The first-order valence-electron chi connectivity index (χ1n) is 6.69. The predicted molar refractivity (Wildman–Crippen MR) is 87.2 cm³/mol. The molecule has 2 aromatic rings. The van der Waals surface area contributed by atoms with E-state index in [2.05, 4.69) is 5.32 Å². The lowest BCUT2D eigenvalue weighted by molar-refractivity contribution is -0.115. The van der Waals surface area contributed by atoms with E-state index < -0.39 is 34.3 Å². The van der Waals surface area contributed by atoms with Crippen LogP contribution >= 0.6 is 23.4 Å². The van der Waals surface area contributed by atoms with E-state index in [1.165, 1.54) is 18.2 Å². The molecule has 0 aliphatic rings. The molecule has 0 bridgehead atoms. The van der Waals surface area contributed by atoms with Gasteiger partial charge in [0.2, 0.25) is 5.91 Å². The van der Waals surface area contributed by atoms with E-state index in [0.29, 0.717) is 0 Å². The van der Waals surface area contributed by atoms with Crippen molar-refractivity contribution in [3.05, 3.63) is 64.4 Å². The summed E-state index contributed by atoms with van der Waals surface area (Å²) in [6.07, 6.45) is 0. The molecule has 0 saturated heterocycles. The number of hydrogen-bond acceptors (Lipinski definition) is 2. The molecule has 7 heteroatoms. The molecule has 1 amide bonds. The molecule has 2 aromatic carbocycles. The van der Waals surface area contributed by atoms with E-state index in [4.69, 9.17) is 11.6 Å². The van der Waals surface area contributed by atoms with Crippen molar-refractivity contribution >= 4 is 35.0 Å². The Bertz CT molecular complexity index is 686. The topological polar surface area (TPSA) is 29.1 Å². The second-order valence-electron chi connectivity index (χ2n) is 4.74. The third kappa shape index (κ3) is 4.42. The SMILES string of the molecule is CC(SCc1c(F)cccc1Cl)C(=O)Nc1c(F)cccc1F. The molecule has 2 rings (SSSR count). The van der Waals surface area contributed by atoms with Gasteiger partial charge in [-0.2, -0.15) is 0 Å². The van der Waals surface area contributed by atoms with Crippen LogP contribution in [0.15, 0.2) is 36.4 Å². The van der Waals surface area contributed by atoms with Gasteiger partial charge >= 0.3 is 0 Å². The van der Waals surface area contributed by atoms with E-state index in [1.54, 1.807) is 13.0 Å². The number of thioether (sulfide) groups is 1. The molecule has 0 heterocycles. The van der Waals surface area contributed by atoms with Crippen LogP contribution in [0, 0.1) is 17.5 Å². The Balaban J connectivity index is 2.01. The van der Waals surface area contributed by atoms with Crippen LogP contribution in [0.1, 0.15) is 12.5 Å². The van der Waals surface area contributed by atoms with E-state index in [1.807, 2.05) is 0 Å². The van der Waals surface area contributed by atoms with Crippen molar-refractivity contribution in [1.82, 2.24) is 0 Å². The Morgan fingerprint density at radius 1 is 1.13 bits per heavy atom. The summed E-state index contributed by atoms with van der Waals surface area (Å²) in [4.78, 5) is 12.0. The highest BCUT2D eigenvalue weighted by Crippen LogP contribution is 2.27. The fourth-order valence-corrected chi connectivity index (χ4v) is 3.03. The first kappa shape index (κ1) is 17.7. The van der Waals surface area contributed by atoms with Crippen molar-refractivity contribution in [2.75, 3.05) is 5.32 Å². The molecule has 0 aliphatic heterocycles. The summed E-state index contributed by atoms with van der Waals surface area (Å²) in [6.45, 7) is 1.56. The lowest BCUT2D eigenvalue weighted by Crippen LogP contribution is -2.24. The van der Waals surface area contributed by atoms with Gasteiger partial charge in [0.25, 0.3) is 0 Å². The van der Waals surface area contributed by atoms with Crippen LogP contribution in [0.5, 0.6) is 0 Å². The Hall–Kier alpha value is -1.66. The average molecular weight is 360 g/mol. The van der Waals surface area contributed by atoms with Gasteiger partial charge in [0.1, 0.15) is 23.1 Å².